The summed E-state index contributed by atoms with van der Waals surface area (Å²) in [6.45, 7) is -0.225. The number of amides is 2. The van der Waals surface area contributed by atoms with Crippen LogP contribution in [0.1, 0.15) is 21.5 Å². The summed E-state index contributed by atoms with van der Waals surface area (Å²) in [4.78, 5) is 50.6. The molecule has 37 heavy (non-hydrogen) atoms. The van der Waals surface area contributed by atoms with Crippen LogP contribution in [0.4, 0.5) is 10.5 Å². The zero-order valence-corrected chi connectivity index (χ0v) is 20.0. The van der Waals surface area contributed by atoms with Crippen molar-refractivity contribution in [2.75, 3.05) is 0 Å². The molecule has 1 aliphatic rings. The van der Waals surface area contributed by atoms with Crippen LogP contribution in [0.5, 0.6) is 5.75 Å². The smallest absolute Gasteiger partial charge is 0.344 e. The van der Waals surface area contributed by atoms with E-state index in [1.807, 2.05) is 30.3 Å². The molecule has 0 bridgehead atoms. The summed E-state index contributed by atoms with van der Waals surface area (Å²) < 4.78 is 5.70. The van der Waals surface area contributed by atoms with Crippen LogP contribution in [0.3, 0.4) is 0 Å². The molecule has 0 spiro atoms. The Hall–Kier alpha value is -4.76. The lowest BCUT2D eigenvalue weighted by Gasteiger charge is -2.12. The van der Waals surface area contributed by atoms with Crippen LogP contribution >= 0.6 is 11.8 Å². The number of nitro groups is 1. The van der Waals surface area contributed by atoms with Gasteiger partial charge in [0.1, 0.15) is 5.75 Å². The molecular formula is C28H18N2O6S. The first kappa shape index (κ1) is 24.0. The maximum atomic E-state index is 13.0. The van der Waals surface area contributed by atoms with E-state index in [2.05, 4.69) is 0 Å². The van der Waals surface area contributed by atoms with Gasteiger partial charge in [-0.25, -0.2) is 4.79 Å². The van der Waals surface area contributed by atoms with Gasteiger partial charge in [-0.2, -0.15) is 0 Å². The number of esters is 1. The maximum Gasteiger partial charge on any atom is 0.344 e. The van der Waals surface area contributed by atoms with E-state index in [0.29, 0.717) is 11.1 Å². The van der Waals surface area contributed by atoms with Gasteiger partial charge in [-0.3, -0.25) is 24.6 Å². The minimum Gasteiger partial charge on any atom is -0.422 e. The van der Waals surface area contributed by atoms with Gasteiger partial charge in [0, 0.05) is 17.2 Å². The van der Waals surface area contributed by atoms with E-state index in [0.717, 1.165) is 27.4 Å². The standard InChI is InChI=1S/C28H18N2O6S/c31-26-25(37-28(33)29(26)17-20-10-2-5-14-23(20)30(34)35)16-19-9-3-6-15-24(19)36-27(32)22-13-7-11-18-8-1-4-12-21(18)22/h1-16H,17H2/b25-16-. The fraction of sp³-hybridized carbons (Fsp3) is 0.0357. The van der Waals surface area contributed by atoms with Gasteiger partial charge < -0.3 is 4.74 Å². The highest BCUT2D eigenvalue weighted by atomic mass is 32.2. The van der Waals surface area contributed by atoms with Crippen LogP contribution in [0, 0.1) is 10.1 Å². The van der Waals surface area contributed by atoms with Gasteiger partial charge in [0.15, 0.2) is 0 Å². The molecule has 182 valence electrons. The van der Waals surface area contributed by atoms with Crippen molar-refractivity contribution in [1.82, 2.24) is 4.90 Å². The lowest BCUT2D eigenvalue weighted by molar-refractivity contribution is -0.385. The first-order valence-electron chi connectivity index (χ1n) is 11.2. The van der Waals surface area contributed by atoms with Crippen molar-refractivity contribution in [2.24, 2.45) is 0 Å². The van der Waals surface area contributed by atoms with Crippen molar-refractivity contribution in [3.63, 3.8) is 0 Å². The maximum absolute atomic E-state index is 13.0. The number of thioether (sulfide) groups is 1. The van der Waals surface area contributed by atoms with E-state index in [9.17, 15) is 24.5 Å². The number of para-hydroxylation sites is 2. The number of carbonyl (C=O) groups is 3. The van der Waals surface area contributed by atoms with E-state index < -0.39 is 22.0 Å². The quantitative estimate of drug-likeness (QED) is 0.0999. The third-order valence-corrected chi connectivity index (χ3v) is 6.72. The molecule has 0 radical (unpaired) electrons. The summed E-state index contributed by atoms with van der Waals surface area (Å²) in [5.74, 6) is -0.906. The number of fused-ring (bicyclic) bond motifs is 1. The van der Waals surface area contributed by atoms with Crippen LogP contribution in [0.15, 0.2) is 95.9 Å². The Balaban J connectivity index is 1.41. The third-order valence-electron chi connectivity index (χ3n) is 5.81. The van der Waals surface area contributed by atoms with Crippen LogP contribution in [0.25, 0.3) is 16.8 Å². The number of rotatable bonds is 6. The predicted octanol–water partition coefficient (Wildman–Crippen LogP) is 6.20. The zero-order valence-electron chi connectivity index (χ0n) is 19.2. The van der Waals surface area contributed by atoms with Gasteiger partial charge in [0.25, 0.3) is 16.8 Å². The molecule has 5 rings (SSSR count). The number of imide groups is 1. The molecule has 2 amide bonds. The van der Waals surface area contributed by atoms with Crippen LogP contribution in [0.2, 0.25) is 0 Å². The second-order valence-corrected chi connectivity index (χ2v) is 9.10. The minimum atomic E-state index is -0.580. The second-order valence-electron chi connectivity index (χ2n) is 8.11. The summed E-state index contributed by atoms with van der Waals surface area (Å²) in [7, 11) is 0. The highest BCUT2D eigenvalue weighted by molar-refractivity contribution is 8.18. The minimum absolute atomic E-state index is 0.122. The van der Waals surface area contributed by atoms with Gasteiger partial charge in [0.05, 0.1) is 21.9 Å². The zero-order chi connectivity index (χ0) is 25.9. The number of ether oxygens (including phenoxy) is 1. The molecule has 8 nitrogen and oxygen atoms in total. The lowest BCUT2D eigenvalue weighted by atomic mass is 10.0. The number of nitrogens with zero attached hydrogens (tertiary/aromatic N) is 2. The fourth-order valence-electron chi connectivity index (χ4n) is 4.02. The second kappa shape index (κ2) is 10.1. The lowest BCUT2D eigenvalue weighted by Crippen LogP contribution is -2.27. The first-order valence-corrected chi connectivity index (χ1v) is 12.0. The molecule has 1 fully saturated rings. The van der Waals surface area contributed by atoms with Crippen molar-refractivity contribution in [3.05, 3.63) is 123 Å². The number of hydrogen-bond acceptors (Lipinski definition) is 7. The number of hydrogen-bond donors (Lipinski definition) is 0. The van der Waals surface area contributed by atoms with Gasteiger partial charge >= 0.3 is 5.97 Å². The van der Waals surface area contributed by atoms with Gasteiger partial charge in [-0.15, -0.1) is 0 Å². The van der Waals surface area contributed by atoms with E-state index in [1.165, 1.54) is 24.3 Å². The van der Waals surface area contributed by atoms with Crippen LogP contribution < -0.4 is 4.74 Å². The summed E-state index contributed by atoms with van der Waals surface area (Å²) in [6, 6.07) is 25.5. The van der Waals surface area contributed by atoms with E-state index >= 15 is 0 Å². The molecule has 0 N–H and O–H groups in total. The average molecular weight is 511 g/mol. The summed E-state index contributed by atoms with van der Waals surface area (Å²) >= 11 is 0.724. The molecule has 1 aliphatic heterocycles. The highest BCUT2D eigenvalue weighted by Gasteiger charge is 2.36. The number of benzene rings is 4. The van der Waals surface area contributed by atoms with Crippen molar-refractivity contribution in [3.8, 4) is 5.75 Å². The number of carbonyl (C=O) groups excluding carboxylic acids is 3. The Labute approximate surface area is 215 Å². The molecule has 1 saturated heterocycles. The van der Waals surface area contributed by atoms with Crippen molar-refractivity contribution in [2.45, 2.75) is 6.54 Å². The van der Waals surface area contributed by atoms with E-state index in [-0.39, 0.29) is 28.5 Å². The monoisotopic (exact) mass is 510 g/mol. The highest BCUT2D eigenvalue weighted by Crippen LogP contribution is 2.36. The van der Waals surface area contributed by atoms with Crippen LogP contribution in [-0.4, -0.2) is 26.9 Å². The Morgan fingerprint density at radius 1 is 0.919 bits per heavy atom. The summed E-state index contributed by atoms with van der Waals surface area (Å²) in [6.07, 6.45) is 1.48. The molecule has 1 heterocycles. The largest absolute Gasteiger partial charge is 0.422 e. The molecule has 9 heteroatoms. The van der Waals surface area contributed by atoms with Gasteiger partial charge in [-0.1, -0.05) is 72.8 Å². The summed E-state index contributed by atoms with van der Waals surface area (Å²) in [5.41, 5.74) is 0.918. The van der Waals surface area contributed by atoms with Crippen molar-refractivity contribution >= 4 is 51.4 Å². The Morgan fingerprint density at radius 3 is 2.46 bits per heavy atom. The molecule has 0 atom stereocenters. The summed E-state index contributed by atoms with van der Waals surface area (Å²) in [5, 5.41) is 12.4. The van der Waals surface area contributed by atoms with E-state index in [1.54, 1.807) is 42.5 Å². The molecule has 0 aliphatic carbocycles. The molecule has 4 aromatic carbocycles. The van der Waals surface area contributed by atoms with E-state index in [4.69, 9.17) is 4.74 Å². The molecule has 0 aromatic heterocycles. The Bertz CT molecular complexity index is 1610. The SMILES string of the molecule is O=C(Oc1ccccc1/C=C1\SC(=O)N(Cc2ccccc2[N+](=O)[O-])C1=O)c1cccc2ccccc12. The molecular weight excluding hydrogens is 492 g/mol. The Morgan fingerprint density at radius 2 is 1.62 bits per heavy atom. The third kappa shape index (κ3) is 4.85. The van der Waals surface area contributed by atoms with Gasteiger partial charge in [-0.05, 0) is 40.7 Å². The Kier molecular flexibility index (Phi) is 6.53. The first-order chi connectivity index (χ1) is 17.9. The topological polar surface area (TPSA) is 107 Å². The van der Waals surface area contributed by atoms with Crippen molar-refractivity contribution < 1.29 is 24.0 Å². The van der Waals surface area contributed by atoms with Crippen LogP contribution in [-0.2, 0) is 11.3 Å². The molecule has 0 unspecified atom stereocenters. The predicted molar refractivity (Wildman–Crippen MR) is 140 cm³/mol. The normalized spacial score (nSPS) is 14.4. The fourth-order valence-corrected chi connectivity index (χ4v) is 4.85. The van der Waals surface area contributed by atoms with Gasteiger partial charge in [0.2, 0.25) is 0 Å². The average Bonchev–Trinajstić information content (AvgIpc) is 3.17. The van der Waals surface area contributed by atoms with Crippen molar-refractivity contribution in [1.29, 1.82) is 0 Å². The molecule has 4 aromatic rings. The molecule has 0 saturated carbocycles. The number of nitro benzene ring substituents is 1.